The van der Waals surface area contributed by atoms with E-state index in [9.17, 15) is 9.90 Å². The lowest BCUT2D eigenvalue weighted by Crippen LogP contribution is -2.11. The first kappa shape index (κ1) is 12.9. The van der Waals surface area contributed by atoms with Gasteiger partial charge in [-0.3, -0.25) is 0 Å². The van der Waals surface area contributed by atoms with Crippen molar-refractivity contribution < 1.29 is 9.90 Å². The summed E-state index contributed by atoms with van der Waals surface area (Å²) in [5.74, 6) is -0.818. The summed E-state index contributed by atoms with van der Waals surface area (Å²) in [4.78, 5) is 17.3. The van der Waals surface area contributed by atoms with Crippen molar-refractivity contribution in [2.24, 2.45) is 0 Å². The quantitative estimate of drug-likeness (QED) is 0.880. The Labute approximate surface area is 111 Å². The molecule has 2 aromatic rings. The number of carboxylic acids is 1. The fourth-order valence-electron chi connectivity index (χ4n) is 1.95. The van der Waals surface area contributed by atoms with Gasteiger partial charge in [0.25, 0.3) is 0 Å². The van der Waals surface area contributed by atoms with Crippen molar-refractivity contribution in [1.82, 2.24) is 4.98 Å². The maximum absolute atomic E-state index is 11.3. The number of hydrogen-bond acceptors (Lipinski definition) is 4. The van der Waals surface area contributed by atoms with Gasteiger partial charge in [0.1, 0.15) is 5.82 Å². The number of pyridine rings is 1. The summed E-state index contributed by atoms with van der Waals surface area (Å²) in [5, 5.41) is 9.28. The maximum atomic E-state index is 11.3. The Morgan fingerprint density at radius 2 is 1.95 bits per heavy atom. The highest BCUT2D eigenvalue weighted by Gasteiger charge is 2.16. The molecule has 5 heteroatoms. The summed E-state index contributed by atoms with van der Waals surface area (Å²) < 4.78 is 0. The topological polar surface area (TPSA) is 79.5 Å². The fourth-order valence-corrected chi connectivity index (χ4v) is 1.95. The number of aromatic carboxylic acids is 1. The van der Waals surface area contributed by atoms with E-state index < -0.39 is 5.97 Å². The van der Waals surface area contributed by atoms with Crippen molar-refractivity contribution in [1.29, 1.82) is 0 Å². The monoisotopic (exact) mass is 257 g/mol. The predicted molar refractivity (Wildman–Crippen MR) is 75.4 cm³/mol. The number of aromatic nitrogens is 1. The van der Waals surface area contributed by atoms with Crippen LogP contribution >= 0.6 is 0 Å². The lowest BCUT2D eigenvalue weighted by atomic mass is 10.00. The molecule has 5 nitrogen and oxygen atoms in total. The zero-order chi connectivity index (χ0) is 14.0. The second-order valence-electron chi connectivity index (χ2n) is 4.37. The second-order valence-corrected chi connectivity index (χ2v) is 4.37. The van der Waals surface area contributed by atoms with E-state index in [-0.39, 0.29) is 11.4 Å². The Hall–Kier alpha value is -2.56. The van der Waals surface area contributed by atoms with E-state index in [0.717, 1.165) is 11.3 Å². The van der Waals surface area contributed by atoms with E-state index in [0.29, 0.717) is 5.56 Å². The van der Waals surface area contributed by atoms with Crippen LogP contribution in [0.5, 0.6) is 0 Å². The Balaban J connectivity index is 2.69. The van der Waals surface area contributed by atoms with Crippen molar-refractivity contribution in [2.45, 2.75) is 0 Å². The zero-order valence-corrected chi connectivity index (χ0v) is 10.8. The SMILES string of the molecule is CN(C)c1ccccc1-c1cnc(N)cc1C(=O)O. The molecule has 0 radical (unpaired) electrons. The average molecular weight is 257 g/mol. The van der Waals surface area contributed by atoms with E-state index in [1.54, 1.807) is 0 Å². The van der Waals surface area contributed by atoms with E-state index in [4.69, 9.17) is 5.73 Å². The van der Waals surface area contributed by atoms with Crippen LogP contribution in [0.4, 0.5) is 11.5 Å². The minimum atomic E-state index is -1.02. The molecule has 3 N–H and O–H groups in total. The molecule has 0 aliphatic carbocycles. The number of rotatable bonds is 3. The van der Waals surface area contributed by atoms with Gasteiger partial charge in [0, 0.05) is 37.1 Å². The summed E-state index contributed by atoms with van der Waals surface area (Å²) in [7, 11) is 3.81. The molecule has 1 aromatic heterocycles. The third-order valence-electron chi connectivity index (χ3n) is 2.83. The highest BCUT2D eigenvalue weighted by Crippen LogP contribution is 2.32. The van der Waals surface area contributed by atoms with Gasteiger partial charge in [0.15, 0.2) is 0 Å². The van der Waals surface area contributed by atoms with Gasteiger partial charge in [-0.2, -0.15) is 0 Å². The van der Waals surface area contributed by atoms with Crippen LogP contribution in [0.15, 0.2) is 36.5 Å². The molecule has 19 heavy (non-hydrogen) atoms. The number of carbonyl (C=O) groups is 1. The molecule has 98 valence electrons. The molecular formula is C14H15N3O2. The van der Waals surface area contributed by atoms with Crippen molar-refractivity contribution >= 4 is 17.5 Å². The van der Waals surface area contributed by atoms with Crippen LogP contribution in [0.2, 0.25) is 0 Å². The van der Waals surface area contributed by atoms with Crippen LogP contribution in [0.3, 0.4) is 0 Å². The number of anilines is 2. The summed E-state index contributed by atoms with van der Waals surface area (Å²) in [5.41, 5.74) is 8.02. The van der Waals surface area contributed by atoms with Crippen molar-refractivity contribution in [3.05, 3.63) is 42.1 Å². The molecule has 0 aliphatic heterocycles. The summed E-state index contributed by atoms with van der Waals surface area (Å²) in [6.07, 6.45) is 1.50. The van der Waals surface area contributed by atoms with Crippen molar-refractivity contribution in [2.75, 3.05) is 24.7 Å². The Morgan fingerprint density at radius 1 is 1.26 bits per heavy atom. The standard InChI is InChI=1S/C14H15N3O2/c1-17(2)12-6-4-3-5-9(12)11-8-16-13(15)7-10(11)14(18)19/h3-8H,1-2H3,(H2,15,16)(H,18,19). The summed E-state index contributed by atoms with van der Waals surface area (Å²) in [6, 6.07) is 8.95. The lowest BCUT2D eigenvalue weighted by molar-refractivity contribution is 0.0697. The Kier molecular flexibility index (Phi) is 3.37. The number of nitrogens with two attached hydrogens (primary N) is 1. The third-order valence-corrected chi connectivity index (χ3v) is 2.83. The molecule has 0 aliphatic rings. The average Bonchev–Trinajstić information content (AvgIpc) is 2.38. The van der Waals surface area contributed by atoms with E-state index in [1.165, 1.54) is 12.3 Å². The number of para-hydroxylation sites is 1. The van der Waals surface area contributed by atoms with E-state index in [2.05, 4.69) is 4.98 Å². The first-order valence-electron chi connectivity index (χ1n) is 5.76. The first-order chi connectivity index (χ1) is 9.00. The molecule has 1 aromatic carbocycles. The van der Waals surface area contributed by atoms with Crippen LogP contribution in [0.25, 0.3) is 11.1 Å². The molecule has 0 spiro atoms. The predicted octanol–water partition coefficient (Wildman–Crippen LogP) is 2.09. The normalized spacial score (nSPS) is 10.2. The van der Waals surface area contributed by atoms with Gasteiger partial charge in [0.2, 0.25) is 0 Å². The van der Waals surface area contributed by atoms with Gasteiger partial charge in [-0.1, -0.05) is 18.2 Å². The molecule has 1 heterocycles. The molecule has 0 atom stereocenters. The van der Waals surface area contributed by atoms with Gasteiger partial charge in [-0.15, -0.1) is 0 Å². The summed E-state index contributed by atoms with van der Waals surface area (Å²) in [6.45, 7) is 0. The minimum Gasteiger partial charge on any atom is -0.478 e. The van der Waals surface area contributed by atoms with Crippen LogP contribution in [-0.4, -0.2) is 30.2 Å². The zero-order valence-electron chi connectivity index (χ0n) is 10.8. The third kappa shape index (κ3) is 2.49. The Morgan fingerprint density at radius 3 is 2.58 bits per heavy atom. The highest BCUT2D eigenvalue weighted by atomic mass is 16.4. The largest absolute Gasteiger partial charge is 0.478 e. The van der Waals surface area contributed by atoms with Crippen molar-refractivity contribution in [3.63, 3.8) is 0 Å². The molecule has 0 fully saturated rings. The number of carboxylic acid groups (broad SMARTS) is 1. The van der Waals surface area contributed by atoms with E-state index >= 15 is 0 Å². The fraction of sp³-hybridized carbons (Fsp3) is 0.143. The van der Waals surface area contributed by atoms with Gasteiger partial charge < -0.3 is 15.7 Å². The van der Waals surface area contributed by atoms with Crippen LogP contribution < -0.4 is 10.6 Å². The number of hydrogen-bond donors (Lipinski definition) is 2. The minimum absolute atomic E-state index is 0.154. The first-order valence-corrected chi connectivity index (χ1v) is 5.76. The van der Waals surface area contributed by atoms with Gasteiger partial charge in [0.05, 0.1) is 5.56 Å². The molecule has 0 saturated heterocycles. The molecule has 2 rings (SSSR count). The molecule has 0 amide bonds. The highest BCUT2D eigenvalue weighted by molar-refractivity contribution is 5.98. The smallest absolute Gasteiger partial charge is 0.336 e. The molecular weight excluding hydrogens is 242 g/mol. The summed E-state index contributed by atoms with van der Waals surface area (Å²) >= 11 is 0. The molecule has 0 bridgehead atoms. The number of nitrogens with zero attached hydrogens (tertiary/aromatic N) is 2. The lowest BCUT2D eigenvalue weighted by Gasteiger charge is -2.18. The van der Waals surface area contributed by atoms with Crippen molar-refractivity contribution in [3.8, 4) is 11.1 Å². The molecule has 0 unspecified atom stereocenters. The van der Waals surface area contributed by atoms with Crippen LogP contribution in [0, 0.1) is 0 Å². The number of benzene rings is 1. The van der Waals surface area contributed by atoms with E-state index in [1.807, 2.05) is 43.3 Å². The van der Waals surface area contributed by atoms with Crippen LogP contribution in [-0.2, 0) is 0 Å². The van der Waals surface area contributed by atoms with Gasteiger partial charge >= 0.3 is 5.97 Å². The Bertz CT molecular complexity index is 624. The van der Waals surface area contributed by atoms with Gasteiger partial charge in [-0.05, 0) is 12.1 Å². The second kappa shape index (κ2) is 4.97. The molecule has 0 saturated carbocycles. The van der Waals surface area contributed by atoms with Crippen LogP contribution in [0.1, 0.15) is 10.4 Å². The maximum Gasteiger partial charge on any atom is 0.336 e. The number of nitrogen functional groups attached to an aromatic ring is 1. The van der Waals surface area contributed by atoms with Gasteiger partial charge in [-0.25, -0.2) is 9.78 Å².